The molecule has 0 aliphatic carbocycles. The summed E-state index contributed by atoms with van der Waals surface area (Å²) in [7, 11) is 0. The highest BCUT2D eigenvalue weighted by Gasteiger charge is 2.34. The number of urea groups is 1. The van der Waals surface area contributed by atoms with E-state index in [9.17, 15) is 22.8 Å². The van der Waals surface area contributed by atoms with Gasteiger partial charge in [-0.1, -0.05) is 0 Å². The Morgan fingerprint density at radius 1 is 1.40 bits per heavy atom. The van der Waals surface area contributed by atoms with E-state index < -0.39 is 36.8 Å². The molecule has 1 aromatic carbocycles. The molecular weight excluding hydrogens is 275 g/mol. The average molecular weight is 287 g/mol. The number of rotatable bonds is 4. The third kappa shape index (κ3) is 3.19. The van der Waals surface area contributed by atoms with Gasteiger partial charge in [0.15, 0.2) is 0 Å². The summed E-state index contributed by atoms with van der Waals surface area (Å²) in [5, 5.41) is 4.41. The van der Waals surface area contributed by atoms with E-state index in [0.717, 1.165) is 0 Å². The van der Waals surface area contributed by atoms with Gasteiger partial charge in [0.1, 0.15) is 11.9 Å². The van der Waals surface area contributed by atoms with Crippen LogP contribution in [0.25, 0.3) is 0 Å². The van der Waals surface area contributed by atoms with Gasteiger partial charge >= 0.3 is 6.03 Å². The zero-order chi connectivity index (χ0) is 14.7. The number of halogens is 3. The summed E-state index contributed by atoms with van der Waals surface area (Å²) < 4.78 is 36.8. The lowest BCUT2D eigenvalue weighted by Crippen LogP contribution is -2.44. The highest BCUT2D eigenvalue weighted by Crippen LogP contribution is 2.18. The fourth-order valence-electron chi connectivity index (χ4n) is 1.83. The van der Waals surface area contributed by atoms with Crippen LogP contribution in [0.3, 0.4) is 0 Å². The van der Waals surface area contributed by atoms with Crippen LogP contribution >= 0.6 is 0 Å². The predicted octanol–water partition coefficient (Wildman–Crippen LogP) is 1.11. The minimum absolute atomic E-state index is 0.000459. The molecule has 1 aliphatic rings. The third-order valence-electron chi connectivity index (χ3n) is 2.79. The Balaban J connectivity index is 2.00. The molecule has 0 aromatic heterocycles. The second kappa shape index (κ2) is 5.81. The normalized spacial score (nSPS) is 18.3. The predicted molar refractivity (Wildman–Crippen MR) is 65.1 cm³/mol. The number of amides is 3. The van der Waals surface area contributed by atoms with Gasteiger partial charge in [-0.05, 0) is 24.3 Å². The van der Waals surface area contributed by atoms with Gasteiger partial charge < -0.3 is 10.6 Å². The number of carbonyl (C=O) groups excluding carboxylic acids is 2. The molecule has 1 atom stereocenters. The van der Waals surface area contributed by atoms with Crippen LogP contribution in [0.2, 0.25) is 0 Å². The van der Waals surface area contributed by atoms with Crippen molar-refractivity contribution >= 4 is 17.6 Å². The van der Waals surface area contributed by atoms with Gasteiger partial charge in [0.2, 0.25) is 5.91 Å². The Labute approximate surface area is 112 Å². The molecule has 3 amide bonds. The first-order valence-corrected chi connectivity index (χ1v) is 5.87. The van der Waals surface area contributed by atoms with Crippen molar-refractivity contribution in [2.45, 2.75) is 12.5 Å². The zero-order valence-electron chi connectivity index (χ0n) is 10.3. The van der Waals surface area contributed by atoms with Crippen molar-refractivity contribution in [2.75, 3.05) is 18.0 Å². The van der Waals surface area contributed by atoms with Gasteiger partial charge in [-0.25, -0.2) is 18.0 Å². The number of hydrogen-bond donors (Lipinski definition) is 2. The first kappa shape index (κ1) is 14.2. The molecule has 1 heterocycles. The summed E-state index contributed by atoms with van der Waals surface area (Å²) >= 11 is 0. The van der Waals surface area contributed by atoms with Crippen molar-refractivity contribution < 1.29 is 22.8 Å². The second-order valence-corrected chi connectivity index (χ2v) is 4.23. The quantitative estimate of drug-likeness (QED) is 0.871. The molecule has 108 valence electrons. The van der Waals surface area contributed by atoms with E-state index in [1.165, 1.54) is 29.2 Å². The topological polar surface area (TPSA) is 61.4 Å². The van der Waals surface area contributed by atoms with E-state index in [0.29, 0.717) is 5.69 Å². The Hall–Kier alpha value is -2.25. The first-order chi connectivity index (χ1) is 9.47. The van der Waals surface area contributed by atoms with Gasteiger partial charge in [0.25, 0.3) is 6.43 Å². The molecule has 1 aliphatic heterocycles. The van der Waals surface area contributed by atoms with Crippen LogP contribution in [-0.2, 0) is 4.79 Å². The SMILES string of the molecule is O=C(NCC(F)F)C1CN(c2ccc(F)cc2)C(=O)N1. The van der Waals surface area contributed by atoms with Crippen LogP contribution in [0.15, 0.2) is 24.3 Å². The molecular formula is C12H12F3N3O2. The van der Waals surface area contributed by atoms with Gasteiger partial charge in [0, 0.05) is 5.69 Å². The van der Waals surface area contributed by atoms with Crippen molar-refractivity contribution in [3.63, 3.8) is 0 Å². The summed E-state index contributed by atoms with van der Waals surface area (Å²) in [6.07, 6.45) is -2.65. The molecule has 2 N–H and O–H groups in total. The Morgan fingerprint density at radius 2 is 2.05 bits per heavy atom. The number of anilines is 1. The van der Waals surface area contributed by atoms with Crippen LogP contribution in [-0.4, -0.2) is 37.5 Å². The Kier molecular flexibility index (Phi) is 4.11. The lowest BCUT2D eigenvalue weighted by molar-refractivity contribution is -0.123. The molecule has 1 unspecified atom stereocenters. The van der Waals surface area contributed by atoms with E-state index in [4.69, 9.17) is 0 Å². The van der Waals surface area contributed by atoms with Crippen molar-refractivity contribution in [1.29, 1.82) is 0 Å². The van der Waals surface area contributed by atoms with Gasteiger partial charge in [0.05, 0.1) is 13.1 Å². The van der Waals surface area contributed by atoms with Crippen molar-refractivity contribution in [1.82, 2.24) is 10.6 Å². The summed E-state index contributed by atoms with van der Waals surface area (Å²) in [4.78, 5) is 24.5. The van der Waals surface area contributed by atoms with Crippen LogP contribution < -0.4 is 15.5 Å². The first-order valence-electron chi connectivity index (χ1n) is 5.87. The monoisotopic (exact) mass is 287 g/mol. The highest BCUT2D eigenvalue weighted by molar-refractivity contribution is 6.00. The van der Waals surface area contributed by atoms with E-state index in [1.807, 2.05) is 5.32 Å². The highest BCUT2D eigenvalue weighted by atomic mass is 19.3. The number of hydrogen-bond acceptors (Lipinski definition) is 2. The van der Waals surface area contributed by atoms with Crippen LogP contribution in [0, 0.1) is 5.82 Å². The minimum atomic E-state index is -2.65. The number of nitrogens with one attached hydrogen (secondary N) is 2. The minimum Gasteiger partial charge on any atom is -0.349 e. The maximum Gasteiger partial charge on any atom is 0.322 e. The van der Waals surface area contributed by atoms with E-state index in [1.54, 1.807) is 0 Å². The lowest BCUT2D eigenvalue weighted by atomic mass is 10.2. The largest absolute Gasteiger partial charge is 0.349 e. The van der Waals surface area contributed by atoms with Crippen LogP contribution in [0.5, 0.6) is 0 Å². The summed E-state index contributed by atoms with van der Waals surface area (Å²) in [5.74, 6) is -1.12. The maximum atomic E-state index is 12.8. The molecule has 1 aromatic rings. The van der Waals surface area contributed by atoms with Crippen molar-refractivity contribution in [3.05, 3.63) is 30.1 Å². The summed E-state index contributed by atoms with van der Waals surface area (Å²) in [6.45, 7) is -0.763. The number of carbonyl (C=O) groups is 2. The maximum absolute atomic E-state index is 12.8. The second-order valence-electron chi connectivity index (χ2n) is 4.23. The molecule has 0 radical (unpaired) electrons. The smallest absolute Gasteiger partial charge is 0.322 e. The molecule has 0 spiro atoms. The van der Waals surface area contributed by atoms with E-state index in [-0.39, 0.29) is 6.54 Å². The lowest BCUT2D eigenvalue weighted by Gasteiger charge is -2.14. The fourth-order valence-corrected chi connectivity index (χ4v) is 1.83. The number of alkyl halides is 2. The molecule has 20 heavy (non-hydrogen) atoms. The molecule has 0 bridgehead atoms. The molecule has 1 saturated heterocycles. The van der Waals surface area contributed by atoms with Crippen LogP contribution in [0.1, 0.15) is 0 Å². The zero-order valence-corrected chi connectivity index (χ0v) is 10.3. The van der Waals surface area contributed by atoms with Gasteiger partial charge in [-0.2, -0.15) is 0 Å². The molecule has 1 fully saturated rings. The third-order valence-corrected chi connectivity index (χ3v) is 2.79. The summed E-state index contributed by atoms with van der Waals surface area (Å²) in [5.41, 5.74) is 0.424. The molecule has 0 saturated carbocycles. The van der Waals surface area contributed by atoms with Crippen LogP contribution in [0.4, 0.5) is 23.7 Å². The van der Waals surface area contributed by atoms with E-state index >= 15 is 0 Å². The molecule has 8 heteroatoms. The Morgan fingerprint density at radius 3 is 2.65 bits per heavy atom. The average Bonchev–Trinajstić information content (AvgIpc) is 2.79. The van der Waals surface area contributed by atoms with Crippen molar-refractivity contribution in [2.24, 2.45) is 0 Å². The molecule has 2 rings (SSSR count). The standard InChI is InChI=1S/C12H12F3N3O2/c13-7-1-3-8(4-2-7)18-6-9(17-12(18)20)11(19)16-5-10(14)15/h1-4,9-10H,5-6H2,(H,16,19)(H,17,20). The number of benzene rings is 1. The van der Waals surface area contributed by atoms with Gasteiger partial charge in [-0.15, -0.1) is 0 Å². The Bertz CT molecular complexity index is 507. The number of nitrogens with zero attached hydrogens (tertiary/aromatic N) is 1. The van der Waals surface area contributed by atoms with E-state index in [2.05, 4.69) is 5.32 Å². The van der Waals surface area contributed by atoms with Gasteiger partial charge in [-0.3, -0.25) is 9.69 Å². The fraction of sp³-hybridized carbons (Fsp3) is 0.333. The molecule has 5 nitrogen and oxygen atoms in total. The van der Waals surface area contributed by atoms with Crippen molar-refractivity contribution in [3.8, 4) is 0 Å². The summed E-state index contributed by atoms with van der Waals surface area (Å²) in [6, 6.07) is 3.72.